The van der Waals surface area contributed by atoms with Crippen molar-refractivity contribution in [3.05, 3.63) is 71.8 Å². The largest absolute Gasteiger partial charge is 0.469 e. The van der Waals surface area contributed by atoms with Crippen molar-refractivity contribution in [2.75, 3.05) is 26.7 Å². The van der Waals surface area contributed by atoms with Crippen LogP contribution in [-0.2, 0) is 27.4 Å². The van der Waals surface area contributed by atoms with Crippen LogP contribution >= 0.6 is 0 Å². The number of nitrogens with zero attached hydrogens (tertiary/aromatic N) is 2. The standard InChI is InChI=1S/C23H30N2O3/c1-4-25(17-21-13-9-6-10-14-21)22(26)18-24(15-19(2)23(27)28-3)16-20-11-7-5-8-12-20/h5-14,19H,4,15-18H2,1-3H3. The minimum absolute atomic E-state index is 0.0550. The highest BCUT2D eigenvalue weighted by molar-refractivity contribution is 5.78. The molecule has 150 valence electrons. The summed E-state index contributed by atoms with van der Waals surface area (Å²) in [5, 5.41) is 0. The molecule has 1 unspecified atom stereocenters. The van der Waals surface area contributed by atoms with Gasteiger partial charge in [-0.15, -0.1) is 0 Å². The van der Waals surface area contributed by atoms with Gasteiger partial charge in [-0.2, -0.15) is 0 Å². The Balaban J connectivity index is 2.07. The van der Waals surface area contributed by atoms with Gasteiger partial charge in [0.25, 0.3) is 0 Å². The molecule has 0 aromatic heterocycles. The van der Waals surface area contributed by atoms with Gasteiger partial charge in [0.15, 0.2) is 0 Å². The fourth-order valence-corrected chi connectivity index (χ4v) is 3.16. The van der Waals surface area contributed by atoms with E-state index in [9.17, 15) is 9.59 Å². The summed E-state index contributed by atoms with van der Waals surface area (Å²) in [6, 6.07) is 20.0. The Kier molecular flexibility index (Phi) is 8.69. The van der Waals surface area contributed by atoms with Gasteiger partial charge in [0.2, 0.25) is 5.91 Å². The molecule has 1 amide bonds. The molecule has 0 saturated heterocycles. The molecule has 2 rings (SSSR count). The highest BCUT2D eigenvalue weighted by Crippen LogP contribution is 2.11. The number of hydrogen-bond donors (Lipinski definition) is 0. The van der Waals surface area contributed by atoms with E-state index in [1.165, 1.54) is 7.11 Å². The highest BCUT2D eigenvalue weighted by atomic mass is 16.5. The van der Waals surface area contributed by atoms with E-state index in [2.05, 4.69) is 0 Å². The van der Waals surface area contributed by atoms with Crippen molar-refractivity contribution in [3.63, 3.8) is 0 Å². The first-order valence-corrected chi connectivity index (χ1v) is 9.69. The fourth-order valence-electron chi connectivity index (χ4n) is 3.16. The Morgan fingerprint density at radius 2 is 1.46 bits per heavy atom. The van der Waals surface area contributed by atoms with Crippen LogP contribution in [0.1, 0.15) is 25.0 Å². The van der Waals surface area contributed by atoms with E-state index in [0.29, 0.717) is 26.2 Å². The van der Waals surface area contributed by atoms with Crippen LogP contribution in [-0.4, -0.2) is 48.4 Å². The number of hydrogen-bond acceptors (Lipinski definition) is 4. The number of benzene rings is 2. The van der Waals surface area contributed by atoms with Crippen LogP contribution in [0.4, 0.5) is 0 Å². The van der Waals surface area contributed by atoms with E-state index in [1.54, 1.807) is 0 Å². The van der Waals surface area contributed by atoms with Crippen LogP contribution in [0.25, 0.3) is 0 Å². The van der Waals surface area contributed by atoms with Gasteiger partial charge < -0.3 is 9.64 Å². The van der Waals surface area contributed by atoms with Gasteiger partial charge in [0.05, 0.1) is 19.6 Å². The zero-order valence-corrected chi connectivity index (χ0v) is 17.0. The average Bonchev–Trinajstić information content (AvgIpc) is 2.72. The predicted octanol–water partition coefficient (Wildman–Crippen LogP) is 3.35. The summed E-state index contributed by atoms with van der Waals surface area (Å²) < 4.78 is 4.85. The fraction of sp³-hybridized carbons (Fsp3) is 0.391. The molecule has 28 heavy (non-hydrogen) atoms. The molecule has 1 atom stereocenters. The van der Waals surface area contributed by atoms with Crippen molar-refractivity contribution in [3.8, 4) is 0 Å². The van der Waals surface area contributed by atoms with Crippen molar-refractivity contribution in [2.24, 2.45) is 5.92 Å². The summed E-state index contributed by atoms with van der Waals surface area (Å²) in [4.78, 5) is 28.7. The van der Waals surface area contributed by atoms with Crippen LogP contribution < -0.4 is 0 Å². The molecule has 0 bridgehead atoms. The van der Waals surface area contributed by atoms with Crippen LogP contribution in [0.15, 0.2) is 60.7 Å². The highest BCUT2D eigenvalue weighted by Gasteiger charge is 2.22. The molecule has 2 aromatic rings. The molecular weight excluding hydrogens is 352 g/mol. The molecule has 0 aliphatic carbocycles. The smallest absolute Gasteiger partial charge is 0.309 e. The van der Waals surface area contributed by atoms with Crippen molar-refractivity contribution < 1.29 is 14.3 Å². The minimum atomic E-state index is -0.300. The van der Waals surface area contributed by atoms with Crippen LogP contribution in [0, 0.1) is 5.92 Å². The molecule has 0 fully saturated rings. The molecule has 0 aliphatic heterocycles. The lowest BCUT2D eigenvalue weighted by molar-refractivity contribution is -0.146. The van der Waals surface area contributed by atoms with E-state index in [1.807, 2.05) is 84.3 Å². The molecule has 0 N–H and O–H groups in total. The topological polar surface area (TPSA) is 49.9 Å². The van der Waals surface area contributed by atoms with Gasteiger partial charge in [0.1, 0.15) is 0 Å². The first-order chi connectivity index (χ1) is 13.5. The Bertz CT molecular complexity index is 734. The van der Waals surface area contributed by atoms with E-state index in [0.717, 1.165) is 11.1 Å². The van der Waals surface area contributed by atoms with Crippen LogP contribution in [0.2, 0.25) is 0 Å². The number of amides is 1. The van der Waals surface area contributed by atoms with Crippen molar-refractivity contribution >= 4 is 11.9 Å². The maximum Gasteiger partial charge on any atom is 0.309 e. The zero-order valence-electron chi connectivity index (χ0n) is 17.0. The zero-order chi connectivity index (χ0) is 20.4. The number of carbonyl (C=O) groups is 2. The maximum atomic E-state index is 13.0. The first kappa shape index (κ1) is 21.6. The number of ether oxygens (including phenoxy) is 1. The SMILES string of the molecule is CCN(Cc1ccccc1)C(=O)CN(Cc1ccccc1)CC(C)C(=O)OC. The molecule has 0 heterocycles. The number of methoxy groups -OCH3 is 1. The van der Waals surface area contributed by atoms with Gasteiger partial charge in [-0.3, -0.25) is 14.5 Å². The second kappa shape index (κ2) is 11.2. The molecule has 5 nitrogen and oxygen atoms in total. The van der Waals surface area contributed by atoms with Crippen LogP contribution in [0.3, 0.4) is 0 Å². The third-order valence-electron chi connectivity index (χ3n) is 4.69. The number of rotatable bonds is 10. The maximum absolute atomic E-state index is 13.0. The van der Waals surface area contributed by atoms with Crippen molar-refractivity contribution in [1.82, 2.24) is 9.80 Å². The Morgan fingerprint density at radius 3 is 1.96 bits per heavy atom. The Labute approximate surface area is 167 Å². The molecule has 5 heteroatoms. The van der Waals surface area contributed by atoms with Gasteiger partial charge in [0, 0.05) is 26.2 Å². The van der Waals surface area contributed by atoms with E-state index >= 15 is 0 Å². The molecule has 0 spiro atoms. The molecule has 0 aliphatic rings. The van der Waals surface area contributed by atoms with Crippen molar-refractivity contribution in [1.29, 1.82) is 0 Å². The number of esters is 1. The van der Waals surface area contributed by atoms with Crippen molar-refractivity contribution in [2.45, 2.75) is 26.9 Å². The lowest BCUT2D eigenvalue weighted by Crippen LogP contribution is -2.42. The normalized spacial score (nSPS) is 11.9. The quantitative estimate of drug-likeness (QED) is 0.592. The monoisotopic (exact) mass is 382 g/mol. The summed E-state index contributed by atoms with van der Waals surface area (Å²) in [5.74, 6) is -0.507. The average molecular weight is 383 g/mol. The summed E-state index contributed by atoms with van der Waals surface area (Å²) >= 11 is 0. The Morgan fingerprint density at radius 1 is 0.929 bits per heavy atom. The van der Waals surface area contributed by atoms with Gasteiger partial charge in [-0.1, -0.05) is 67.6 Å². The second-order valence-electron chi connectivity index (χ2n) is 6.97. The summed E-state index contributed by atoms with van der Waals surface area (Å²) in [7, 11) is 1.39. The van der Waals surface area contributed by atoms with Gasteiger partial charge >= 0.3 is 5.97 Å². The van der Waals surface area contributed by atoms with Crippen LogP contribution in [0.5, 0.6) is 0 Å². The Hall–Kier alpha value is -2.66. The lowest BCUT2D eigenvalue weighted by Gasteiger charge is -2.28. The summed E-state index contributed by atoms with van der Waals surface area (Å²) in [6.45, 7) is 6.38. The van der Waals surface area contributed by atoms with E-state index in [-0.39, 0.29) is 24.3 Å². The molecule has 0 saturated carbocycles. The number of carbonyl (C=O) groups excluding carboxylic acids is 2. The lowest BCUT2D eigenvalue weighted by atomic mass is 10.1. The van der Waals surface area contributed by atoms with Gasteiger partial charge in [-0.05, 0) is 18.1 Å². The molecule has 0 radical (unpaired) electrons. The second-order valence-corrected chi connectivity index (χ2v) is 6.97. The van der Waals surface area contributed by atoms with E-state index < -0.39 is 0 Å². The summed E-state index contributed by atoms with van der Waals surface area (Å²) in [5.41, 5.74) is 2.22. The van der Waals surface area contributed by atoms with E-state index in [4.69, 9.17) is 4.74 Å². The molecule has 2 aromatic carbocycles. The third kappa shape index (κ3) is 6.82. The van der Waals surface area contributed by atoms with Gasteiger partial charge in [-0.25, -0.2) is 0 Å². The predicted molar refractivity (Wildman–Crippen MR) is 110 cm³/mol. The summed E-state index contributed by atoms with van der Waals surface area (Å²) in [6.07, 6.45) is 0. The molecular formula is C23H30N2O3. The third-order valence-corrected chi connectivity index (χ3v) is 4.69. The first-order valence-electron chi connectivity index (χ1n) is 9.69. The number of likely N-dealkylation sites (N-methyl/N-ethyl adjacent to an activating group) is 1. The minimum Gasteiger partial charge on any atom is -0.469 e.